The molecule has 0 aliphatic carbocycles. The molecule has 0 bridgehead atoms. The van der Waals surface area contributed by atoms with Crippen LogP contribution in [-0.2, 0) is 19.6 Å². The molecule has 170 valence electrons. The lowest BCUT2D eigenvalue weighted by molar-refractivity contribution is -0.117. The number of nitrogens with zero attached hydrogens (tertiary/aromatic N) is 2. The zero-order chi connectivity index (χ0) is 22.7. The Morgan fingerprint density at radius 3 is 2.56 bits per heavy atom. The van der Waals surface area contributed by atoms with Crippen molar-refractivity contribution in [1.82, 2.24) is 4.31 Å². The van der Waals surface area contributed by atoms with Crippen molar-refractivity contribution in [3.05, 3.63) is 48.0 Å². The maximum absolute atomic E-state index is 13.0. The summed E-state index contributed by atoms with van der Waals surface area (Å²) >= 11 is 0. The third-order valence-corrected chi connectivity index (χ3v) is 7.41. The van der Waals surface area contributed by atoms with Gasteiger partial charge in [-0.05, 0) is 42.8 Å². The van der Waals surface area contributed by atoms with Crippen LogP contribution in [0.1, 0.15) is 23.2 Å². The number of methoxy groups -OCH3 is 1. The Labute approximate surface area is 187 Å². The van der Waals surface area contributed by atoms with Crippen LogP contribution in [0.2, 0.25) is 0 Å². The second kappa shape index (κ2) is 9.27. The summed E-state index contributed by atoms with van der Waals surface area (Å²) in [7, 11) is -2.35. The van der Waals surface area contributed by atoms with E-state index in [-0.39, 0.29) is 35.2 Å². The molecule has 2 saturated heterocycles. The second-order valence-electron chi connectivity index (χ2n) is 7.53. The molecule has 2 fully saturated rings. The lowest BCUT2D eigenvalue weighted by Crippen LogP contribution is -2.40. The molecular weight excluding hydrogens is 434 g/mol. The highest BCUT2D eigenvalue weighted by Crippen LogP contribution is 2.28. The van der Waals surface area contributed by atoms with E-state index in [4.69, 9.17) is 9.47 Å². The van der Waals surface area contributed by atoms with Gasteiger partial charge < -0.3 is 19.7 Å². The predicted molar refractivity (Wildman–Crippen MR) is 119 cm³/mol. The number of morpholine rings is 1. The first kappa shape index (κ1) is 22.3. The van der Waals surface area contributed by atoms with Crippen LogP contribution in [0, 0.1) is 0 Å². The van der Waals surface area contributed by atoms with Crippen LogP contribution in [0.3, 0.4) is 0 Å². The van der Waals surface area contributed by atoms with Gasteiger partial charge in [-0.25, -0.2) is 8.42 Å². The van der Waals surface area contributed by atoms with Gasteiger partial charge in [-0.15, -0.1) is 0 Å². The maximum Gasteiger partial charge on any atom is 0.259 e. The molecule has 32 heavy (non-hydrogen) atoms. The van der Waals surface area contributed by atoms with Crippen LogP contribution in [0.5, 0.6) is 5.75 Å². The van der Waals surface area contributed by atoms with E-state index < -0.39 is 15.9 Å². The lowest BCUT2D eigenvalue weighted by Gasteiger charge is -2.26. The zero-order valence-corrected chi connectivity index (χ0v) is 18.6. The topological polar surface area (TPSA) is 105 Å². The number of sulfonamides is 1. The average molecular weight is 460 g/mol. The summed E-state index contributed by atoms with van der Waals surface area (Å²) in [6.07, 6.45) is 1.31. The molecule has 0 unspecified atom stereocenters. The Morgan fingerprint density at radius 1 is 1.09 bits per heavy atom. The number of carbonyl (C=O) groups is 2. The number of carbonyl (C=O) groups excluding carboxylic acids is 2. The van der Waals surface area contributed by atoms with Crippen LogP contribution in [0.25, 0.3) is 0 Å². The summed E-state index contributed by atoms with van der Waals surface area (Å²) in [6, 6.07) is 11.2. The molecule has 2 amide bonds. The number of nitrogens with one attached hydrogen (secondary N) is 1. The number of hydrogen-bond acceptors (Lipinski definition) is 6. The summed E-state index contributed by atoms with van der Waals surface area (Å²) in [5.74, 6) is -0.198. The summed E-state index contributed by atoms with van der Waals surface area (Å²) in [4.78, 5) is 26.8. The Balaban J connectivity index is 1.59. The van der Waals surface area contributed by atoms with Gasteiger partial charge in [0.1, 0.15) is 5.75 Å². The first-order chi connectivity index (χ1) is 15.4. The minimum atomic E-state index is -3.77. The highest BCUT2D eigenvalue weighted by molar-refractivity contribution is 7.89. The molecule has 0 saturated carbocycles. The van der Waals surface area contributed by atoms with Gasteiger partial charge in [0.05, 0.1) is 30.8 Å². The van der Waals surface area contributed by atoms with Crippen LogP contribution < -0.4 is 15.0 Å². The van der Waals surface area contributed by atoms with Crippen molar-refractivity contribution >= 4 is 33.2 Å². The van der Waals surface area contributed by atoms with E-state index >= 15 is 0 Å². The second-order valence-corrected chi connectivity index (χ2v) is 9.47. The molecule has 2 aliphatic rings. The minimum absolute atomic E-state index is 0.0155. The zero-order valence-electron chi connectivity index (χ0n) is 17.7. The fourth-order valence-corrected chi connectivity index (χ4v) is 5.27. The molecule has 4 rings (SSSR count). The lowest BCUT2D eigenvalue weighted by atomic mass is 10.1. The number of amides is 2. The summed E-state index contributed by atoms with van der Waals surface area (Å²) in [6.45, 7) is 1.83. The van der Waals surface area contributed by atoms with Crippen LogP contribution in [0.4, 0.5) is 11.4 Å². The van der Waals surface area contributed by atoms with Gasteiger partial charge in [-0.1, -0.05) is 6.07 Å². The SMILES string of the molecule is COc1ccc(S(=O)(=O)N2CCOCC2)cc1C(=O)Nc1cccc(N2CCCC2=O)c1. The van der Waals surface area contributed by atoms with Gasteiger partial charge in [-0.3, -0.25) is 9.59 Å². The largest absolute Gasteiger partial charge is 0.496 e. The number of ether oxygens (including phenoxy) is 2. The van der Waals surface area contributed by atoms with Crippen molar-refractivity contribution in [3.63, 3.8) is 0 Å². The molecule has 2 aromatic rings. The highest BCUT2D eigenvalue weighted by Gasteiger charge is 2.28. The van der Waals surface area contributed by atoms with Gasteiger partial charge in [0.15, 0.2) is 0 Å². The monoisotopic (exact) mass is 459 g/mol. The fourth-order valence-electron chi connectivity index (χ4n) is 3.83. The van der Waals surface area contributed by atoms with Gasteiger partial charge in [0.2, 0.25) is 15.9 Å². The van der Waals surface area contributed by atoms with Crippen molar-refractivity contribution in [1.29, 1.82) is 0 Å². The summed E-state index contributed by atoms with van der Waals surface area (Å²) in [5, 5.41) is 2.78. The molecule has 2 aromatic carbocycles. The van der Waals surface area contributed by atoms with Crippen molar-refractivity contribution in [2.24, 2.45) is 0 Å². The molecule has 2 heterocycles. The Kier molecular flexibility index (Phi) is 6.45. The van der Waals surface area contributed by atoms with E-state index in [1.807, 2.05) is 6.07 Å². The number of hydrogen-bond donors (Lipinski definition) is 1. The van der Waals surface area contributed by atoms with E-state index in [0.717, 1.165) is 6.42 Å². The number of anilines is 2. The molecule has 2 aliphatic heterocycles. The minimum Gasteiger partial charge on any atom is -0.496 e. The number of benzene rings is 2. The van der Waals surface area contributed by atoms with Gasteiger partial charge in [0.25, 0.3) is 5.91 Å². The van der Waals surface area contributed by atoms with E-state index in [1.165, 1.54) is 29.6 Å². The molecule has 1 N–H and O–H groups in total. The quantitative estimate of drug-likeness (QED) is 0.709. The van der Waals surface area contributed by atoms with Crippen molar-refractivity contribution in [2.45, 2.75) is 17.7 Å². The molecule has 0 aromatic heterocycles. The van der Waals surface area contributed by atoms with Crippen molar-refractivity contribution in [2.75, 3.05) is 50.2 Å². The Morgan fingerprint density at radius 2 is 1.88 bits per heavy atom. The van der Waals surface area contributed by atoms with Crippen LogP contribution in [0.15, 0.2) is 47.4 Å². The Hall–Kier alpha value is -2.95. The smallest absolute Gasteiger partial charge is 0.259 e. The van der Waals surface area contributed by atoms with E-state index in [2.05, 4.69) is 5.32 Å². The standard InChI is InChI=1S/C22H25N3O6S/c1-30-20-8-7-18(32(28,29)24-10-12-31-13-11-24)15-19(20)22(27)23-16-4-2-5-17(14-16)25-9-3-6-21(25)26/h2,4-5,7-8,14-15H,3,6,9-13H2,1H3,(H,23,27). The van der Waals surface area contributed by atoms with Gasteiger partial charge >= 0.3 is 0 Å². The highest BCUT2D eigenvalue weighted by atomic mass is 32.2. The van der Waals surface area contributed by atoms with Crippen molar-refractivity contribution in [3.8, 4) is 5.75 Å². The van der Waals surface area contributed by atoms with Crippen LogP contribution >= 0.6 is 0 Å². The third-order valence-electron chi connectivity index (χ3n) is 5.51. The molecule has 9 nitrogen and oxygen atoms in total. The van der Waals surface area contributed by atoms with Gasteiger partial charge in [0, 0.05) is 37.4 Å². The van der Waals surface area contributed by atoms with E-state index in [9.17, 15) is 18.0 Å². The Bertz CT molecular complexity index is 1130. The maximum atomic E-state index is 13.0. The fraction of sp³-hybridized carbons (Fsp3) is 0.364. The normalized spacial score (nSPS) is 17.4. The number of rotatable bonds is 6. The van der Waals surface area contributed by atoms with E-state index in [0.29, 0.717) is 37.6 Å². The predicted octanol–water partition coefficient (Wildman–Crippen LogP) is 2.10. The van der Waals surface area contributed by atoms with Crippen molar-refractivity contribution < 1.29 is 27.5 Å². The molecule has 10 heteroatoms. The van der Waals surface area contributed by atoms with Gasteiger partial charge in [-0.2, -0.15) is 4.31 Å². The first-order valence-corrected chi connectivity index (χ1v) is 11.8. The third kappa shape index (κ3) is 4.47. The van der Waals surface area contributed by atoms with Crippen LogP contribution in [-0.4, -0.2) is 64.5 Å². The first-order valence-electron chi connectivity index (χ1n) is 10.4. The molecule has 0 radical (unpaired) electrons. The summed E-state index contributed by atoms with van der Waals surface area (Å²) in [5.41, 5.74) is 1.31. The molecule has 0 atom stereocenters. The summed E-state index contributed by atoms with van der Waals surface area (Å²) < 4.78 is 37.9. The molecular formula is C22H25N3O6S. The average Bonchev–Trinajstić information content (AvgIpc) is 3.25. The van der Waals surface area contributed by atoms with E-state index in [1.54, 1.807) is 23.1 Å². The molecule has 0 spiro atoms.